The number of benzene rings is 2. The number of nitrogens with one attached hydrogen (secondary N) is 2. The molecule has 6 nitrogen and oxygen atoms in total. The Hall–Kier alpha value is -3.54. The highest BCUT2D eigenvalue weighted by Gasteiger charge is 2.09. The van der Waals surface area contributed by atoms with Gasteiger partial charge in [-0.05, 0) is 25.5 Å². The summed E-state index contributed by atoms with van der Waals surface area (Å²) in [6.45, 7) is 5.34. The molecule has 2 aromatic carbocycles. The molecule has 3 aromatic rings. The van der Waals surface area contributed by atoms with E-state index in [2.05, 4.69) is 25.8 Å². The number of hydrazone groups is 1. The summed E-state index contributed by atoms with van der Waals surface area (Å²) in [7, 11) is 0. The first-order valence-corrected chi connectivity index (χ1v) is 8.60. The molecule has 0 aliphatic carbocycles. The first-order chi connectivity index (χ1) is 13.0. The number of amides is 1. The smallest absolute Gasteiger partial charge is 0.221 e. The zero-order valence-electron chi connectivity index (χ0n) is 15.5. The fraction of sp³-hybridized carbons (Fsp3) is 0.143. The molecule has 0 bridgehead atoms. The lowest BCUT2D eigenvalue weighted by Crippen LogP contribution is -2.07. The van der Waals surface area contributed by atoms with Crippen molar-refractivity contribution < 1.29 is 4.79 Å². The minimum Gasteiger partial charge on any atom is -0.326 e. The summed E-state index contributed by atoms with van der Waals surface area (Å²) >= 11 is 0. The number of carbonyl (C=O) groups excluding carboxylic acids is 1. The average Bonchev–Trinajstić information content (AvgIpc) is 2.63. The minimum absolute atomic E-state index is 0.130. The van der Waals surface area contributed by atoms with Crippen molar-refractivity contribution in [2.24, 2.45) is 5.10 Å². The third-order valence-electron chi connectivity index (χ3n) is 3.82. The molecule has 0 fully saturated rings. The summed E-state index contributed by atoms with van der Waals surface area (Å²) in [5.74, 6) is 1.06. The maximum absolute atomic E-state index is 11.5. The van der Waals surface area contributed by atoms with Crippen LogP contribution in [0.5, 0.6) is 0 Å². The second kappa shape index (κ2) is 8.23. The predicted octanol–water partition coefficient (Wildman–Crippen LogP) is 4.16. The predicted molar refractivity (Wildman–Crippen MR) is 109 cm³/mol. The van der Waals surface area contributed by atoms with Gasteiger partial charge in [0.2, 0.25) is 5.91 Å². The number of rotatable bonds is 5. The summed E-state index contributed by atoms with van der Waals surface area (Å²) in [5, 5.41) is 7.08. The van der Waals surface area contributed by atoms with Crippen molar-refractivity contribution in [2.75, 3.05) is 10.7 Å². The molecule has 1 heterocycles. The third kappa shape index (κ3) is 4.98. The van der Waals surface area contributed by atoms with Crippen molar-refractivity contribution in [3.8, 4) is 11.3 Å². The van der Waals surface area contributed by atoms with E-state index in [0.717, 1.165) is 11.1 Å². The van der Waals surface area contributed by atoms with E-state index in [4.69, 9.17) is 0 Å². The molecule has 136 valence electrons. The number of hydrogen-bond acceptors (Lipinski definition) is 5. The van der Waals surface area contributed by atoms with E-state index in [-0.39, 0.29) is 5.91 Å². The third-order valence-corrected chi connectivity index (χ3v) is 3.82. The number of para-hydroxylation sites is 1. The quantitative estimate of drug-likeness (QED) is 0.529. The van der Waals surface area contributed by atoms with Gasteiger partial charge in [-0.25, -0.2) is 9.97 Å². The summed E-state index contributed by atoms with van der Waals surface area (Å²) in [5.41, 5.74) is 7.39. The lowest BCUT2D eigenvalue weighted by atomic mass is 10.1. The van der Waals surface area contributed by atoms with Crippen LogP contribution in [-0.2, 0) is 4.79 Å². The second-order valence-electron chi connectivity index (χ2n) is 6.19. The molecule has 2 N–H and O–H groups in total. The average molecular weight is 359 g/mol. The van der Waals surface area contributed by atoms with Crippen LogP contribution in [0.25, 0.3) is 11.3 Å². The van der Waals surface area contributed by atoms with Crippen LogP contribution in [0.3, 0.4) is 0 Å². The van der Waals surface area contributed by atoms with Crippen LogP contribution >= 0.6 is 0 Å². The molecule has 1 amide bonds. The van der Waals surface area contributed by atoms with E-state index in [1.165, 1.54) is 12.5 Å². The van der Waals surface area contributed by atoms with Gasteiger partial charge < -0.3 is 5.32 Å². The molecule has 0 unspecified atom stereocenters. The Bertz CT molecular complexity index is 980. The fourth-order valence-corrected chi connectivity index (χ4v) is 2.59. The van der Waals surface area contributed by atoms with Crippen LogP contribution < -0.4 is 10.7 Å². The molecule has 0 atom stereocenters. The van der Waals surface area contributed by atoms with Gasteiger partial charge in [0.25, 0.3) is 0 Å². The van der Waals surface area contributed by atoms with E-state index >= 15 is 0 Å². The Morgan fingerprint density at radius 3 is 2.52 bits per heavy atom. The van der Waals surface area contributed by atoms with E-state index in [0.29, 0.717) is 23.0 Å². The minimum atomic E-state index is -0.130. The van der Waals surface area contributed by atoms with Crippen LogP contribution in [-0.4, -0.2) is 22.1 Å². The van der Waals surface area contributed by atoms with Crippen molar-refractivity contribution in [3.63, 3.8) is 0 Å². The molecule has 6 heteroatoms. The largest absolute Gasteiger partial charge is 0.326 e. The zero-order chi connectivity index (χ0) is 19.2. The Morgan fingerprint density at radius 1 is 1.04 bits per heavy atom. The Morgan fingerprint density at radius 2 is 1.78 bits per heavy atom. The van der Waals surface area contributed by atoms with E-state index in [1.807, 2.05) is 62.4 Å². The summed E-state index contributed by atoms with van der Waals surface area (Å²) in [4.78, 5) is 20.3. The number of aromatic nitrogens is 2. The Balaban J connectivity index is 1.85. The van der Waals surface area contributed by atoms with Gasteiger partial charge in [-0.1, -0.05) is 48.0 Å². The lowest BCUT2D eigenvalue weighted by Gasteiger charge is -2.11. The molecule has 3 rings (SSSR count). The molecule has 0 saturated carbocycles. The highest BCUT2D eigenvalue weighted by molar-refractivity contribution is 5.93. The van der Waals surface area contributed by atoms with Gasteiger partial charge in [-0.15, -0.1) is 0 Å². The number of aryl methyl sites for hydroxylation is 2. The van der Waals surface area contributed by atoms with E-state index in [1.54, 1.807) is 12.3 Å². The van der Waals surface area contributed by atoms with Crippen molar-refractivity contribution in [2.45, 2.75) is 20.8 Å². The molecule has 0 aliphatic heterocycles. The Labute approximate surface area is 158 Å². The van der Waals surface area contributed by atoms with Crippen LogP contribution in [0.4, 0.5) is 11.5 Å². The van der Waals surface area contributed by atoms with Crippen LogP contribution in [0, 0.1) is 13.8 Å². The molecule has 0 spiro atoms. The molecule has 1 aromatic heterocycles. The first-order valence-electron chi connectivity index (χ1n) is 8.60. The second-order valence-corrected chi connectivity index (χ2v) is 6.19. The van der Waals surface area contributed by atoms with Crippen LogP contribution in [0.2, 0.25) is 0 Å². The summed E-state index contributed by atoms with van der Waals surface area (Å²) in [6, 6.07) is 17.4. The van der Waals surface area contributed by atoms with Crippen molar-refractivity contribution in [3.05, 3.63) is 71.5 Å². The van der Waals surface area contributed by atoms with Gasteiger partial charge in [0, 0.05) is 18.6 Å². The molecular formula is C21H21N5O. The number of hydrogen-bond donors (Lipinski definition) is 2. The molecule has 0 saturated heterocycles. The normalized spacial score (nSPS) is 10.8. The van der Waals surface area contributed by atoms with Crippen LogP contribution in [0.1, 0.15) is 23.9 Å². The highest BCUT2D eigenvalue weighted by Crippen LogP contribution is 2.27. The van der Waals surface area contributed by atoms with E-state index < -0.39 is 0 Å². The van der Waals surface area contributed by atoms with Gasteiger partial charge in [0.05, 0.1) is 17.6 Å². The van der Waals surface area contributed by atoms with Gasteiger partial charge in [-0.3, -0.25) is 10.2 Å². The van der Waals surface area contributed by atoms with Gasteiger partial charge >= 0.3 is 0 Å². The first kappa shape index (κ1) is 18.3. The lowest BCUT2D eigenvalue weighted by molar-refractivity contribution is -0.114. The Kier molecular flexibility index (Phi) is 5.56. The molecular weight excluding hydrogens is 338 g/mol. The van der Waals surface area contributed by atoms with Crippen molar-refractivity contribution in [1.29, 1.82) is 0 Å². The van der Waals surface area contributed by atoms with Crippen molar-refractivity contribution in [1.82, 2.24) is 9.97 Å². The van der Waals surface area contributed by atoms with Gasteiger partial charge in [0.1, 0.15) is 11.6 Å². The fourth-order valence-electron chi connectivity index (χ4n) is 2.59. The summed E-state index contributed by atoms with van der Waals surface area (Å²) in [6.07, 6.45) is 1.74. The van der Waals surface area contributed by atoms with Crippen molar-refractivity contribution >= 4 is 23.6 Å². The maximum atomic E-state index is 11.5. The van der Waals surface area contributed by atoms with E-state index in [9.17, 15) is 4.79 Å². The monoisotopic (exact) mass is 359 g/mol. The maximum Gasteiger partial charge on any atom is 0.221 e. The topological polar surface area (TPSA) is 79.3 Å². The number of nitrogens with zero attached hydrogens (tertiary/aromatic N) is 3. The van der Waals surface area contributed by atoms with Gasteiger partial charge in [0.15, 0.2) is 0 Å². The molecule has 0 aliphatic rings. The molecule has 0 radical (unpaired) electrons. The standard InChI is InChI=1S/C21H21N5O/c1-14-8-10-17(11-9-14)13-22-26-21-12-20(23-15(2)24-21)18-6-4-5-7-19(18)25-16(3)27/h4-13H,1-3H3,(H,25,27)(H,23,24,26)/b22-13+. The number of anilines is 2. The zero-order valence-corrected chi connectivity index (χ0v) is 15.5. The van der Waals surface area contributed by atoms with Crippen LogP contribution in [0.15, 0.2) is 59.7 Å². The van der Waals surface area contributed by atoms with Gasteiger partial charge in [-0.2, -0.15) is 5.10 Å². The summed E-state index contributed by atoms with van der Waals surface area (Å²) < 4.78 is 0. The number of carbonyl (C=O) groups is 1. The molecule has 27 heavy (non-hydrogen) atoms. The SMILES string of the molecule is CC(=O)Nc1ccccc1-c1cc(N/N=C/c2ccc(C)cc2)nc(C)n1. The highest BCUT2D eigenvalue weighted by atomic mass is 16.1.